The van der Waals surface area contributed by atoms with Gasteiger partial charge in [-0.1, -0.05) is 5.92 Å². The van der Waals surface area contributed by atoms with Crippen LogP contribution in [0.3, 0.4) is 0 Å². The lowest BCUT2D eigenvalue weighted by Crippen LogP contribution is -2.27. The minimum Gasteiger partial charge on any atom is -0.378 e. The van der Waals surface area contributed by atoms with Crippen molar-refractivity contribution in [2.45, 2.75) is 26.4 Å². The molecule has 0 aromatic heterocycles. The second-order valence-corrected chi connectivity index (χ2v) is 3.18. The van der Waals surface area contributed by atoms with Crippen molar-refractivity contribution in [1.29, 1.82) is 0 Å². The van der Waals surface area contributed by atoms with E-state index in [1.165, 1.54) is 6.42 Å². The Balaban J connectivity index is 2.08. The zero-order valence-electron chi connectivity index (χ0n) is 7.89. The van der Waals surface area contributed by atoms with E-state index in [-0.39, 0.29) is 0 Å². The lowest BCUT2D eigenvalue weighted by Gasteiger charge is -2.13. The van der Waals surface area contributed by atoms with E-state index in [2.05, 4.69) is 24.1 Å². The summed E-state index contributed by atoms with van der Waals surface area (Å²) in [6.07, 6.45) is 1.61. The van der Waals surface area contributed by atoms with Crippen molar-refractivity contribution in [1.82, 2.24) is 5.32 Å². The van der Waals surface area contributed by atoms with Crippen molar-refractivity contribution in [2.24, 2.45) is 5.92 Å². The van der Waals surface area contributed by atoms with E-state index in [9.17, 15) is 0 Å². The molecule has 0 bridgehead atoms. The van der Waals surface area contributed by atoms with Crippen molar-refractivity contribution >= 4 is 0 Å². The molecular weight excluding hydrogens is 150 g/mol. The number of hydrogen-bond donors (Lipinski definition) is 1. The molecular formula is C10H17NO. The molecule has 12 heavy (non-hydrogen) atoms. The Hall–Kier alpha value is -0.520. The minimum absolute atomic E-state index is 0.423. The normalized spacial score (nSPS) is 28.2. The van der Waals surface area contributed by atoms with Crippen LogP contribution in [0.2, 0.25) is 0 Å². The molecule has 1 saturated heterocycles. The molecule has 0 spiro atoms. The van der Waals surface area contributed by atoms with Gasteiger partial charge in [-0.05, 0) is 26.2 Å². The van der Waals surface area contributed by atoms with Gasteiger partial charge in [0.25, 0.3) is 0 Å². The van der Waals surface area contributed by atoms with Crippen LogP contribution in [0, 0.1) is 17.8 Å². The molecule has 1 rings (SSSR count). The molecule has 1 heterocycles. The van der Waals surface area contributed by atoms with Gasteiger partial charge in [0.2, 0.25) is 0 Å². The monoisotopic (exact) mass is 167 g/mol. The summed E-state index contributed by atoms with van der Waals surface area (Å²) in [5.41, 5.74) is 0. The molecule has 0 amide bonds. The average molecular weight is 167 g/mol. The molecule has 0 aliphatic carbocycles. The van der Waals surface area contributed by atoms with Crippen LogP contribution in [0.15, 0.2) is 0 Å². The first-order chi connectivity index (χ1) is 5.84. The largest absolute Gasteiger partial charge is 0.378 e. The maximum Gasteiger partial charge on any atom is 0.0588 e. The van der Waals surface area contributed by atoms with Gasteiger partial charge in [-0.2, -0.15) is 0 Å². The summed E-state index contributed by atoms with van der Waals surface area (Å²) in [5, 5.41) is 3.31. The van der Waals surface area contributed by atoms with Crippen molar-refractivity contribution < 1.29 is 4.74 Å². The van der Waals surface area contributed by atoms with Crippen LogP contribution in [0.1, 0.15) is 20.3 Å². The standard InChI is InChI=1S/C10H17NO/c1-3-4-6-11-8-10-5-7-12-9(10)2/h9-11H,5-8H2,1-2H3. The minimum atomic E-state index is 0.423. The van der Waals surface area contributed by atoms with Gasteiger partial charge < -0.3 is 10.1 Å². The fourth-order valence-electron chi connectivity index (χ4n) is 1.45. The maximum atomic E-state index is 5.45. The molecule has 0 saturated carbocycles. The number of hydrogen-bond acceptors (Lipinski definition) is 2. The second kappa shape index (κ2) is 5.18. The molecule has 0 radical (unpaired) electrons. The van der Waals surface area contributed by atoms with Crippen LogP contribution < -0.4 is 5.32 Å². The highest BCUT2D eigenvalue weighted by Gasteiger charge is 2.22. The van der Waals surface area contributed by atoms with Crippen molar-refractivity contribution in [3.63, 3.8) is 0 Å². The van der Waals surface area contributed by atoms with Crippen LogP contribution in [0.25, 0.3) is 0 Å². The number of nitrogens with one attached hydrogen (secondary N) is 1. The van der Waals surface area contributed by atoms with Crippen LogP contribution in [0.5, 0.6) is 0 Å². The summed E-state index contributed by atoms with van der Waals surface area (Å²) in [6.45, 7) is 6.77. The summed E-state index contributed by atoms with van der Waals surface area (Å²) >= 11 is 0. The molecule has 1 aliphatic rings. The van der Waals surface area contributed by atoms with Crippen LogP contribution >= 0.6 is 0 Å². The first-order valence-corrected chi connectivity index (χ1v) is 4.56. The van der Waals surface area contributed by atoms with E-state index in [0.29, 0.717) is 12.0 Å². The molecule has 2 nitrogen and oxygen atoms in total. The summed E-state index contributed by atoms with van der Waals surface area (Å²) < 4.78 is 5.45. The Morgan fingerprint density at radius 2 is 2.42 bits per heavy atom. The molecule has 2 unspecified atom stereocenters. The zero-order chi connectivity index (χ0) is 8.81. The summed E-state index contributed by atoms with van der Waals surface area (Å²) in [5.74, 6) is 6.53. The first kappa shape index (κ1) is 9.57. The maximum absolute atomic E-state index is 5.45. The third kappa shape index (κ3) is 2.84. The molecule has 1 aliphatic heterocycles. The Labute approximate surface area is 74.7 Å². The van der Waals surface area contributed by atoms with Crippen molar-refractivity contribution in [2.75, 3.05) is 19.7 Å². The molecule has 0 aromatic rings. The predicted octanol–water partition coefficient (Wildman–Crippen LogP) is 1.02. The van der Waals surface area contributed by atoms with E-state index >= 15 is 0 Å². The lowest BCUT2D eigenvalue weighted by molar-refractivity contribution is 0.106. The van der Waals surface area contributed by atoms with Gasteiger partial charge >= 0.3 is 0 Å². The Bertz CT molecular complexity index is 180. The molecule has 2 heteroatoms. The Morgan fingerprint density at radius 3 is 3.00 bits per heavy atom. The third-order valence-electron chi connectivity index (χ3n) is 2.33. The average Bonchev–Trinajstić information content (AvgIpc) is 2.46. The molecule has 68 valence electrons. The molecule has 0 aromatic carbocycles. The fraction of sp³-hybridized carbons (Fsp3) is 0.800. The SMILES string of the molecule is CC#CCNCC1CCOC1C. The van der Waals surface area contributed by atoms with Crippen molar-refractivity contribution in [3.05, 3.63) is 0 Å². The summed E-state index contributed by atoms with van der Waals surface area (Å²) in [4.78, 5) is 0. The predicted molar refractivity (Wildman–Crippen MR) is 49.8 cm³/mol. The zero-order valence-corrected chi connectivity index (χ0v) is 7.89. The summed E-state index contributed by atoms with van der Waals surface area (Å²) in [6, 6.07) is 0. The van der Waals surface area contributed by atoms with Gasteiger partial charge in [0.1, 0.15) is 0 Å². The molecule has 2 atom stereocenters. The van der Waals surface area contributed by atoms with E-state index in [1.54, 1.807) is 0 Å². The second-order valence-electron chi connectivity index (χ2n) is 3.18. The topological polar surface area (TPSA) is 21.3 Å². The Morgan fingerprint density at radius 1 is 1.58 bits per heavy atom. The van der Waals surface area contributed by atoms with Gasteiger partial charge in [0, 0.05) is 13.2 Å². The lowest BCUT2D eigenvalue weighted by atomic mass is 10.0. The summed E-state index contributed by atoms with van der Waals surface area (Å²) in [7, 11) is 0. The van der Waals surface area contributed by atoms with Crippen LogP contribution in [-0.4, -0.2) is 25.8 Å². The Kier molecular flexibility index (Phi) is 4.13. The van der Waals surface area contributed by atoms with Gasteiger partial charge in [-0.25, -0.2) is 0 Å². The highest BCUT2D eigenvalue weighted by molar-refractivity contribution is 4.97. The van der Waals surface area contributed by atoms with Crippen molar-refractivity contribution in [3.8, 4) is 11.8 Å². The van der Waals surface area contributed by atoms with E-state index in [1.807, 2.05) is 6.92 Å². The third-order valence-corrected chi connectivity index (χ3v) is 2.33. The van der Waals surface area contributed by atoms with Gasteiger partial charge in [0.15, 0.2) is 0 Å². The van der Waals surface area contributed by atoms with E-state index < -0.39 is 0 Å². The first-order valence-electron chi connectivity index (χ1n) is 4.56. The van der Waals surface area contributed by atoms with E-state index in [0.717, 1.165) is 19.7 Å². The smallest absolute Gasteiger partial charge is 0.0588 e. The molecule has 1 N–H and O–H groups in total. The fourth-order valence-corrected chi connectivity index (χ4v) is 1.45. The van der Waals surface area contributed by atoms with Gasteiger partial charge in [0.05, 0.1) is 12.6 Å². The quantitative estimate of drug-likeness (QED) is 0.500. The number of rotatable bonds is 3. The molecule has 1 fully saturated rings. The van der Waals surface area contributed by atoms with E-state index in [4.69, 9.17) is 4.74 Å². The van der Waals surface area contributed by atoms with Crippen LogP contribution in [0.4, 0.5) is 0 Å². The van der Waals surface area contributed by atoms with Gasteiger partial charge in [-0.15, -0.1) is 5.92 Å². The number of ether oxygens (including phenoxy) is 1. The van der Waals surface area contributed by atoms with Gasteiger partial charge in [-0.3, -0.25) is 0 Å². The highest BCUT2D eigenvalue weighted by Crippen LogP contribution is 2.18. The van der Waals surface area contributed by atoms with Crippen LogP contribution in [-0.2, 0) is 4.74 Å². The highest BCUT2D eigenvalue weighted by atomic mass is 16.5.